The fraction of sp³-hybridized carbons (Fsp3) is 0.304. The van der Waals surface area contributed by atoms with E-state index in [0.29, 0.717) is 33.7 Å². The van der Waals surface area contributed by atoms with Crippen molar-refractivity contribution in [1.29, 1.82) is 0 Å². The van der Waals surface area contributed by atoms with Crippen molar-refractivity contribution in [3.8, 4) is 23.0 Å². The van der Waals surface area contributed by atoms with Crippen LogP contribution < -0.4 is 19.8 Å². The van der Waals surface area contributed by atoms with E-state index in [9.17, 15) is 14.7 Å². The molecule has 0 aliphatic heterocycles. The predicted octanol–water partition coefficient (Wildman–Crippen LogP) is 3.34. The van der Waals surface area contributed by atoms with Crippen molar-refractivity contribution in [2.24, 2.45) is 0 Å². The van der Waals surface area contributed by atoms with Crippen LogP contribution in [-0.2, 0) is 9.53 Å². The van der Waals surface area contributed by atoms with E-state index in [-0.39, 0.29) is 24.3 Å². The summed E-state index contributed by atoms with van der Waals surface area (Å²) in [4.78, 5) is 28.2. The fourth-order valence-corrected chi connectivity index (χ4v) is 3.64. The molecular formula is C23H25NO7. The number of esters is 1. The molecule has 3 aromatic rings. The van der Waals surface area contributed by atoms with Crippen molar-refractivity contribution < 1.29 is 28.8 Å². The maximum atomic E-state index is 13.0. The summed E-state index contributed by atoms with van der Waals surface area (Å²) in [5, 5.41) is 11.5. The largest absolute Gasteiger partial charge is 0.507 e. The molecular weight excluding hydrogens is 402 g/mol. The van der Waals surface area contributed by atoms with Gasteiger partial charge in [-0.05, 0) is 36.8 Å². The second-order valence-electron chi connectivity index (χ2n) is 6.78. The van der Waals surface area contributed by atoms with Gasteiger partial charge >= 0.3 is 5.97 Å². The number of pyridine rings is 1. The van der Waals surface area contributed by atoms with Crippen LogP contribution in [0, 0.1) is 0 Å². The van der Waals surface area contributed by atoms with Gasteiger partial charge in [0.15, 0.2) is 11.5 Å². The Labute approximate surface area is 179 Å². The molecule has 0 spiro atoms. The summed E-state index contributed by atoms with van der Waals surface area (Å²) in [6.07, 6.45) is -0.165. The number of hydrogen-bond donors (Lipinski definition) is 2. The number of H-pyrrole nitrogens is 1. The molecule has 0 aliphatic rings. The summed E-state index contributed by atoms with van der Waals surface area (Å²) >= 11 is 0. The Morgan fingerprint density at radius 3 is 2.29 bits per heavy atom. The lowest BCUT2D eigenvalue weighted by Crippen LogP contribution is -2.21. The molecule has 1 atom stereocenters. The second-order valence-corrected chi connectivity index (χ2v) is 6.78. The van der Waals surface area contributed by atoms with Gasteiger partial charge in [0.1, 0.15) is 5.75 Å². The molecule has 0 amide bonds. The first-order valence-corrected chi connectivity index (χ1v) is 9.74. The topological polar surface area (TPSA) is 107 Å². The number of carbonyl (C=O) groups excluding carboxylic acids is 1. The number of para-hydroxylation sites is 1. The molecule has 1 heterocycles. The molecule has 3 rings (SSSR count). The molecule has 8 heteroatoms. The molecule has 0 saturated carbocycles. The molecule has 2 aromatic carbocycles. The van der Waals surface area contributed by atoms with Gasteiger partial charge < -0.3 is 29.0 Å². The van der Waals surface area contributed by atoms with E-state index in [1.807, 2.05) is 0 Å². The Morgan fingerprint density at radius 2 is 1.71 bits per heavy atom. The van der Waals surface area contributed by atoms with E-state index in [2.05, 4.69) is 4.98 Å². The lowest BCUT2D eigenvalue weighted by Gasteiger charge is -2.21. The summed E-state index contributed by atoms with van der Waals surface area (Å²) in [5.74, 6) is -0.415. The molecule has 31 heavy (non-hydrogen) atoms. The second kappa shape index (κ2) is 9.42. The minimum atomic E-state index is -0.818. The lowest BCUT2D eigenvalue weighted by atomic mass is 9.87. The highest BCUT2D eigenvalue weighted by Crippen LogP contribution is 2.43. The van der Waals surface area contributed by atoms with Crippen LogP contribution in [0.1, 0.15) is 30.4 Å². The van der Waals surface area contributed by atoms with E-state index in [1.165, 1.54) is 21.3 Å². The maximum Gasteiger partial charge on any atom is 0.306 e. The Bertz CT molecular complexity index is 1130. The van der Waals surface area contributed by atoms with Gasteiger partial charge in [-0.15, -0.1) is 0 Å². The standard InChI is InChI=1S/C23H25NO7/c1-5-31-19(25)12-15(13-10-17(28-2)22(30-4)18(11-13)29-3)20-21(26)14-8-6-7-9-16(14)24-23(20)27/h6-11,15H,5,12H2,1-4H3,(H2,24,26,27)/t15-/m1/s1. The monoisotopic (exact) mass is 427 g/mol. The fourth-order valence-electron chi connectivity index (χ4n) is 3.64. The molecule has 0 radical (unpaired) electrons. The zero-order valence-electron chi connectivity index (χ0n) is 17.9. The minimum Gasteiger partial charge on any atom is -0.507 e. The number of nitrogens with one attached hydrogen (secondary N) is 1. The first kappa shape index (κ1) is 22.0. The van der Waals surface area contributed by atoms with Crippen molar-refractivity contribution in [1.82, 2.24) is 4.98 Å². The van der Waals surface area contributed by atoms with Gasteiger partial charge in [-0.2, -0.15) is 0 Å². The number of aromatic amines is 1. The first-order valence-electron chi connectivity index (χ1n) is 9.74. The Morgan fingerprint density at radius 1 is 1.06 bits per heavy atom. The van der Waals surface area contributed by atoms with Crippen molar-refractivity contribution >= 4 is 16.9 Å². The van der Waals surface area contributed by atoms with Crippen molar-refractivity contribution in [3.05, 3.63) is 57.9 Å². The summed E-state index contributed by atoms with van der Waals surface area (Å²) in [5.41, 5.74) is 0.576. The number of fused-ring (bicyclic) bond motifs is 1. The molecule has 0 unspecified atom stereocenters. The zero-order chi connectivity index (χ0) is 22.5. The average Bonchev–Trinajstić information content (AvgIpc) is 2.77. The third-order valence-electron chi connectivity index (χ3n) is 5.04. The Kier molecular flexibility index (Phi) is 6.69. The van der Waals surface area contributed by atoms with E-state index < -0.39 is 17.4 Å². The smallest absolute Gasteiger partial charge is 0.306 e. The third-order valence-corrected chi connectivity index (χ3v) is 5.04. The van der Waals surface area contributed by atoms with Gasteiger partial charge in [-0.25, -0.2) is 0 Å². The van der Waals surface area contributed by atoms with Gasteiger partial charge in [0, 0.05) is 11.3 Å². The van der Waals surface area contributed by atoms with E-state index in [1.54, 1.807) is 43.3 Å². The van der Waals surface area contributed by atoms with Gasteiger partial charge in [-0.3, -0.25) is 9.59 Å². The maximum absolute atomic E-state index is 13.0. The Balaban J connectivity index is 2.27. The highest BCUT2D eigenvalue weighted by Gasteiger charge is 2.28. The van der Waals surface area contributed by atoms with Crippen molar-refractivity contribution in [2.75, 3.05) is 27.9 Å². The number of benzene rings is 2. The molecule has 0 bridgehead atoms. The van der Waals surface area contributed by atoms with Crippen LogP contribution in [0.3, 0.4) is 0 Å². The molecule has 0 saturated heterocycles. The van der Waals surface area contributed by atoms with Crippen LogP contribution in [0.4, 0.5) is 0 Å². The van der Waals surface area contributed by atoms with Crippen LogP contribution in [0.5, 0.6) is 23.0 Å². The molecule has 164 valence electrons. The van der Waals surface area contributed by atoms with Crippen LogP contribution in [-0.4, -0.2) is 44.0 Å². The number of rotatable bonds is 8. The van der Waals surface area contributed by atoms with Crippen molar-refractivity contribution in [2.45, 2.75) is 19.3 Å². The zero-order valence-corrected chi connectivity index (χ0v) is 17.9. The number of hydrogen-bond acceptors (Lipinski definition) is 7. The summed E-state index contributed by atoms with van der Waals surface area (Å²) < 4.78 is 21.3. The van der Waals surface area contributed by atoms with Crippen LogP contribution in [0.2, 0.25) is 0 Å². The lowest BCUT2D eigenvalue weighted by molar-refractivity contribution is -0.143. The number of aromatic nitrogens is 1. The van der Waals surface area contributed by atoms with Crippen LogP contribution in [0.25, 0.3) is 10.9 Å². The SMILES string of the molecule is CCOC(=O)C[C@H](c1cc(OC)c(OC)c(OC)c1)c1c(O)c2ccccc2[nH]c1=O. The molecule has 2 N–H and O–H groups in total. The van der Waals surface area contributed by atoms with Crippen LogP contribution >= 0.6 is 0 Å². The molecule has 1 aromatic heterocycles. The quantitative estimate of drug-likeness (QED) is 0.531. The number of methoxy groups -OCH3 is 3. The summed E-state index contributed by atoms with van der Waals surface area (Å²) in [6.45, 7) is 1.90. The minimum absolute atomic E-state index is 0.0565. The van der Waals surface area contributed by atoms with Gasteiger partial charge in [-0.1, -0.05) is 12.1 Å². The molecule has 8 nitrogen and oxygen atoms in total. The summed E-state index contributed by atoms with van der Waals surface area (Å²) in [6, 6.07) is 10.2. The van der Waals surface area contributed by atoms with Crippen molar-refractivity contribution in [3.63, 3.8) is 0 Å². The predicted molar refractivity (Wildman–Crippen MR) is 115 cm³/mol. The van der Waals surface area contributed by atoms with E-state index in [4.69, 9.17) is 18.9 Å². The average molecular weight is 427 g/mol. The number of ether oxygens (including phenoxy) is 4. The normalized spacial score (nSPS) is 11.7. The van der Waals surface area contributed by atoms with Gasteiger partial charge in [0.25, 0.3) is 5.56 Å². The highest BCUT2D eigenvalue weighted by atomic mass is 16.5. The summed E-state index contributed by atoms with van der Waals surface area (Å²) in [7, 11) is 4.43. The Hall–Kier alpha value is -3.68. The molecule has 0 fully saturated rings. The van der Waals surface area contributed by atoms with E-state index >= 15 is 0 Å². The van der Waals surface area contributed by atoms with Gasteiger partial charge in [0.05, 0.1) is 45.4 Å². The highest BCUT2D eigenvalue weighted by molar-refractivity contribution is 5.86. The van der Waals surface area contributed by atoms with Crippen LogP contribution in [0.15, 0.2) is 41.2 Å². The number of aromatic hydroxyl groups is 1. The van der Waals surface area contributed by atoms with Gasteiger partial charge in [0.2, 0.25) is 5.75 Å². The molecule has 0 aliphatic carbocycles. The van der Waals surface area contributed by atoms with E-state index in [0.717, 1.165) is 0 Å². The third kappa shape index (κ3) is 4.28. The first-order chi connectivity index (χ1) is 14.9. The number of carbonyl (C=O) groups is 1.